The molecule has 0 bridgehead atoms. The standard InChI is InChI=1S/C18H24F3N3O4/c1-13-11-22(4-5-24(13)17(25)26)12-14-2-3-15(23-6-8-27-9-7-23)10-16(14)28-18(19,20)21/h2-3,10,13H,4-9,11-12H2,1H3,(H,25,26)/t13-/m0/s1. The molecule has 2 aliphatic heterocycles. The second-order valence-electron chi connectivity index (χ2n) is 7.00. The molecule has 0 aromatic heterocycles. The maximum absolute atomic E-state index is 12.9. The number of piperazine rings is 1. The molecule has 0 spiro atoms. The van der Waals surface area contributed by atoms with Crippen molar-refractivity contribution in [3.8, 4) is 5.75 Å². The third kappa shape index (κ3) is 5.20. The van der Waals surface area contributed by atoms with Crippen LogP contribution in [0, 0.1) is 0 Å². The first-order valence-electron chi connectivity index (χ1n) is 9.16. The number of halogens is 3. The third-order valence-corrected chi connectivity index (χ3v) is 5.00. The van der Waals surface area contributed by atoms with Gasteiger partial charge >= 0.3 is 12.5 Å². The zero-order valence-corrected chi connectivity index (χ0v) is 15.6. The van der Waals surface area contributed by atoms with Gasteiger partial charge in [-0.2, -0.15) is 0 Å². The highest BCUT2D eigenvalue weighted by Crippen LogP contribution is 2.32. The Kier molecular flexibility index (Phi) is 6.19. The first-order valence-corrected chi connectivity index (χ1v) is 9.16. The number of hydrogen-bond acceptors (Lipinski definition) is 5. The van der Waals surface area contributed by atoms with Crippen LogP contribution in [-0.4, -0.2) is 79.3 Å². The van der Waals surface area contributed by atoms with Crippen molar-refractivity contribution in [2.75, 3.05) is 50.8 Å². The van der Waals surface area contributed by atoms with E-state index in [1.165, 1.54) is 11.0 Å². The van der Waals surface area contributed by atoms with E-state index in [9.17, 15) is 18.0 Å². The van der Waals surface area contributed by atoms with Crippen molar-refractivity contribution in [2.24, 2.45) is 0 Å². The van der Waals surface area contributed by atoms with Gasteiger partial charge in [-0.15, -0.1) is 13.2 Å². The summed E-state index contributed by atoms with van der Waals surface area (Å²) in [5.41, 5.74) is 1.08. The van der Waals surface area contributed by atoms with Gasteiger partial charge in [-0.05, 0) is 13.0 Å². The van der Waals surface area contributed by atoms with E-state index < -0.39 is 12.5 Å². The minimum Gasteiger partial charge on any atom is -0.465 e. The second-order valence-corrected chi connectivity index (χ2v) is 7.00. The summed E-state index contributed by atoms with van der Waals surface area (Å²) in [7, 11) is 0. The maximum Gasteiger partial charge on any atom is 0.573 e. The smallest absolute Gasteiger partial charge is 0.465 e. The van der Waals surface area contributed by atoms with Crippen LogP contribution in [0.15, 0.2) is 18.2 Å². The number of hydrogen-bond donors (Lipinski definition) is 1. The molecule has 1 N–H and O–H groups in total. The van der Waals surface area contributed by atoms with E-state index in [-0.39, 0.29) is 18.3 Å². The molecule has 0 saturated carbocycles. The lowest BCUT2D eigenvalue weighted by Gasteiger charge is -2.38. The molecule has 10 heteroatoms. The highest BCUT2D eigenvalue weighted by molar-refractivity contribution is 5.65. The van der Waals surface area contributed by atoms with Crippen LogP contribution in [0.3, 0.4) is 0 Å². The van der Waals surface area contributed by atoms with Crippen LogP contribution in [0.1, 0.15) is 12.5 Å². The number of rotatable bonds is 4. The summed E-state index contributed by atoms with van der Waals surface area (Å²) in [6.07, 6.45) is -5.77. The quantitative estimate of drug-likeness (QED) is 0.834. The van der Waals surface area contributed by atoms with Crippen molar-refractivity contribution in [3.05, 3.63) is 23.8 Å². The average molecular weight is 403 g/mol. The summed E-state index contributed by atoms with van der Waals surface area (Å²) >= 11 is 0. The molecule has 1 atom stereocenters. The Morgan fingerprint density at radius 1 is 1.25 bits per heavy atom. The minimum atomic E-state index is -4.78. The molecule has 2 saturated heterocycles. The van der Waals surface area contributed by atoms with Crippen LogP contribution in [0.2, 0.25) is 0 Å². The second kappa shape index (κ2) is 8.44. The van der Waals surface area contributed by atoms with Crippen molar-refractivity contribution >= 4 is 11.8 Å². The van der Waals surface area contributed by atoms with Crippen molar-refractivity contribution in [1.82, 2.24) is 9.80 Å². The molecule has 7 nitrogen and oxygen atoms in total. The zero-order valence-electron chi connectivity index (χ0n) is 15.6. The molecule has 2 fully saturated rings. The topological polar surface area (TPSA) is 65.5 Å². The van der Waals surface area contributed by atoms with E-state index >= 15 is 0 Å². The SMILES string of the molecule is C[C@H]1CN(Cc2ccc(N3CCOCC3)cc2OC(F)(F)F)CCN1C(=O)O. The van der Waals surface area contributed by atoms with Gasteiger partial charge < -0.3 is 24.4 Å². The highest BCUT2D eigenvalue weighted by atomic mass is 19.4. The molecule has 28 heavy (non-hydrogen) atoms. The van der Waals surface area contributed by atoms with Gasteiger partial charge in [0.25, 0.3) is 0 Å². The van der Waals surface area contributed by atoms with E-state index in [0.29, 0.717) is 57.2 Å². The van der Waals surface area contributed by atoms with Gasteiger partial charge in [0.2, 0.25) is 0 Å². The number of carboxylic acid groups (broad SMARTS) is 1. The molecular formula is C18H24F3N3O4. The number of benzene rings is 1. The van der Waals surface area contributed by atoms with E-state index in [1.54, 1.807) is 19.1 Å². The molecular weight excluding hydrogens is 379 g/mol. The predicted molar refractivity (Wildman–Crippen MR) is 95.6 cm³/mol. The Hall–Kier alpha value is -2.20. The molecule has 156 valence electrons. The lowest BCUT2D eigenvalue weighted by molar-refractivity contribution is -0.275. The molecule has 1 amide bonds. The molecule has 2 heterocycles. The number of ether oxygens (including phenoxy) is 2. The fourth-order valence-corrected chi connectivity index (χ4v) is 3.61. The van der Waals surface area contributed by atoms with Gasteiger partial charge in [0, 0.05) is 62.6 Å². The first kappa shape index (κ1) is 20.5. The van der Waals surface area contributed by atoms with Crippen LogP contribution in [0.25, 0.3) is 0 Å². The summed E-state index contributed by atoms with van der Waals surface area (Å²) in [5, 5.41) is 9.16. The summed E-state index contributed by atoms with van der Waals surface area (Å²) in [6, 6.07) is 4.64. The Morgan fingerprint density at radius 3 is 2.57 bits per heavy atom. The Morgan fingerprint density at radius 2 is 1.96 bits per heavy atom. The van der Waals surface area contributed by atoms with E-state index in [2.05, 4.69) is 4.74 Å². The Labute approximate surface area is 161 Å². The number of carbonyl (C=O) groups is 1. The molecule has 2 aliphatic rings. The lowest BCUT2D eigenvalue weighted by atomic mass is 10.1. The van der Waals surface area contributed by atoms with Gasteiger partial charge in [-0.1, -0.05) is 6.07 Å². The zero-order chi connectivity index (χ0) is 20.3. The molecule has 0 radical (unpaired) electrons. The number of nitrogens with zero attached hydrogens (tertiary/aromatic N) is 3. The summed E-state index contributed by atoms with van der Waals surface area (Å²) < 4.78 is 48.4. The van der Waals surface area contributed by atoms with Crippen LogP contribution >= 0.6 is 0 Å². The van der Waals surface area contributed by atoms with E-state index in [0.717, 1.165) is 0 Å². The molecule has 1 aromatic rings. The van der Waals surface area contributed by atoms with Gasteiger partial charge in [0.1, 0.15) is 5.75 Å². The molecule has 3 rings (SSSR count). The number of alkyl halides is 3. The van der Waals surface area contributed by atoms with Crippen molar-refractivity contribution in [3.63, 3.8) is 0 Å². The predicted octanol–water partition coefficient (Wildman–Crippen LogP) is 2.61. The van der Waals surface area contributed by atoms with Crippen LogP contribution in [-0.2, 0) is 11.3 Å². The van der Waals surface area contributed by atoms with Gasteiger partial charge in [0.15, 0.2) is 0 Å². The Balaban J connectivity index is 1.76. The summed E-state index contributed by atoms with van der Waals surface area (Å²) in [4.78, 5) is 16.4. The van der Waals surface area contributed by atoms with Crippen LogP contribution < -0.4 is 9.64 Å². The van der Waals surface area contributed by atoms with Crippen molar-refractivity contribution in [2.45, 2.75) is 25.9 Å². The fourth-order valence-electron chi connectivity index (χ4n) is 3.61. The molecule has 0 unspecified atom stereocenters. The normalized spacial score (nSPS) is 21.6. The van der Waals surface area contributed by atoms with E-state index in [1.807, 2.05) is 9.80 Å². The summed E-state index contributed by atoms with van der Waals surface area (Å²) in [6.45, 7) is 5.54. The number of anilines is 1. The summed E-state index contributed by atoms with van der Waals surface area (Å²) in [5.74, 6) is -0.218. The van der Waals surface area contributed by atoms with Crippen LogP contribution in [0.4, 0.5) is 23.7 Å². The van der Waals surface area contributed by atoms with E-state index in [4.69, 9.17) is 9.84 Å². The largest absolute Gasteiger partial charge is 0.573 e. The minimum absolute atomic E-state index is 0.218. The average Bonchev–Trinajstić information content (AvgIpc) is 2.62. The maximum atomic E-state index is 12.9. The Bertz CT molecular complexity index is 695. The lowest BCUT2D eigenvalue weighted by Crippen LogP contribution is -2.53. The number of morpholine rings is 1. The fraction of sp³-hybridized carbons (Fsp3) is 0.611. The third-order valence-electron chi connectivity index (χ3n) is 5.00. The van der Waals surface area contributed by atoms with Gasteiger partial charge in [-0.3, -0.25) is 4.90 Å². The number of amides is 1. The monoisotopic (exact) mass is 403 g/mol. The molecule has 0 aliphatic carbocycles. The first-order chi connectivity index (χ1) is 13.2. The molecule has 1 aromatic carbocycles. The van der Waals surface area contributed by atoms with Crippen molar-refractivity contribution < 1.29 is 32.5 Å². The van der Waals surface area contributed by atoms with Crippen molar-refractivity contribution in [1.29, 1.82) is 0 Å². The van der Waals surface area contributed by atoms with Gasteiger partial charge in [0.05, 0.1) is 13.2 Å². The van der Waals surface area contributed by atoms with Crippen LogP contribution in [0.5, 0.6) is 5.75 Å². The van der Waals surface area contributed by atoms with Gasteiger partial charge in [-0.25, -0.2) is 4.79 Å². The highest BCUT2D eigenvalue weighted by Gasteiger charge is 2.33.